The normalized spacial score (nSPS) is 22.0. The molecule has 30 heteroatoms. The summed E-state index contributed by atoms with van der Waals surface area (Å²) in [6.07, 6.45) is -5.16. The van der Waals surface area contributed by atoms with Gasteiger partial charge in [0, 0.05) is 37.1 Å². The lowest BCUT2D eigenvalue weighted by molar-refractivity contribution is -0.137. The van der Waals surface area contributed by atoms with Gasteiger partial charge in [-0.3, -0.25) is 32.5 Å². The molecule has 1 aliphatic rings. The van der Waals surface area contributed by atoms with Crippen LogP contribution in [0.1, 0.15) is 45.8 Å². The first kappa shape index (κ1) is 48.6. The average Bonchev–Trinajstić information content (AvgIpc) is 3.68. The van der Waals surface area contributed by atoms with Crippen LogP contribution in [0, 0.1) is 5.41 Å². The van der Waals surface area contributed by atoms with E-state index in [-0.39, 0.29) is 47.4 Å². The van der Waals surface area contributed by atoms with Crippen LogP contribution in [0.2, 0.25) is 0 Å². The second-order valence-corrected chi connectivity index (χ2v) is 18.3. The monoisotopic (exact) mass is 894 g/mol. The fourth-order valence-electron chi connectivity index (χ4n) is 4.93. The molecule has 3 rings (SSSR count). The molecule has 0 radical (unpaired) electrons. The van der Waals surface area contributed by atoms with Gasteiger partial charge in [-0.05, 0) is 12.8 Å². The smallest absolute Gasteiger partial charge is 0.386 e. The second-order valence-electron chi connectivity index (χ2n) is 12.9. The number of carbonyl (C=O) groups is 4. The Kier molecular flexibility index (Phi) is 17.8. The Morgan fingerprint density at radius 1 is 1.09 bits per heavy atom. The van der Waals surface area contributed by atoms with Gasteiger partial charge in [0.2, 0.25) is 16.9 Å². The highest BCUT2D eigenvalue weighted by Gasteiger charge is 2.50. The molecule has 8 unspecified atom stereocenters. The second kappa shape index (κ2) is 20.9. The van der Waals surface area contributed by atoms with Crippen LogP contribution in [-0.4, -0.2) is 135 Å². The zero-order valence-corrected chi connectivity index (χ0v) is 33.8. The van der Waals surface area contributed by atoms with Crippen molar-refractivity contribution >= 4 is 75.4 Å². The highest BCUT2D eigenvalue weighted by atomic mass is 32.2. The van der Waals surface area contributed by atoms with E-state index in [4.69, 9.17) is 25.3 Å². The third-order valence-electron chi connectivity index (χ3n) is 7.89. The largest absolute Gasteiger partial charge is 0.481 e. The lowest BCUT2D eigenvalue weighted by Crippen LogP contribution is -2.46. The number of carbonyl (C=O) groups excluding carboxylic acids is 4. The first-order valence-corrected chi connectivity index (χ1v) is 22.2. The number of anilines is 1. The molecule has 1 saturated heterocycles. The van der Waals surface area contributed by atoms with Crippen molar-refractivity contribution in [3.63, 3.8) is 0 Å². The number of hydrogen-bond acceptors (Lipinski definition) is 20. The number of nitrogens with two attached hydrogens (primary N) is 2. The zero-order chi connectivity index (χ0) is 42.8. The van der Waals surface area contributed by atoms with Crippen molar-refractivity contribution in [1.82, 2.24) is 30.2 Å². The molecule has 1 fully saturated rings. The number of thioether (sulfide) groups is 1. The Bertz CT molecular complexity index is 1870. The molecule has 2 amide bonds. The molecule has 8 atom stereocenters. The lowest BCUT2D eigenvalue weighted by Gasteiger charge is -2.30. The minimum atomic E-state index is -5.58. The van der Waals surface area contributed by atoms with Crippen molar-refractivity contribution in [3.8, 4) is 0 Å². The zero-order valence-electron chi connectivity index (χ0n) is 30.3. The molecule has 0 aliphatic carbocycles. The minimum Gasteiger partial charge on any atom is -0.386 e. The van der Waals surface area contributed by atoms with E-state index in [1.807, 2.05) is 0 Å². The molecular formula is C27H45N8O18P3S. The molecule has 0 bridgehead atoms. The van der Waals surface area contributed by atoms with Gasteiger partial charge in [-0.2, -0.15) is 4.31 Å². The van der Waals surface area contributed by atoms with Crippen molar-refractivity contribution in [2.24, 2.45) is 11.1 Å². The van der Waals surface area contributed by atoms with Gasteiger partial charge < -0.3 is 61.4 Å². The van der Waals surface area contributed by atoms with Gasteiger partial charge >= 0.3 is 23.5 Å². The Balaban J connectivity index is 1.47. The van der Waals surface area contributed by atoms with Gasteiger partial charge in [0.05, 0.1) is 25.6 Å². The van der Waals surface area contributed by atoms with E-state index in [1.54, 1.807) is 0 Å². The number of aldehydes is 1. The third-order valence-corrected chi connectivity index (χ3v) is 12.0. The summed E-state index contributed by atoms with van der Waals surface area (Å²) >= 11 is 0.923. The van der Waals surface area contributed by atoms with Crippen LogP contribution < -0.4 is 22.1 Å². The van der Waals surface area contributed by atoms with Gasteiger partial charge in [0.25, 0.3) is 0 Å². The number of hydrogen-bond donors (Lipinski definition) is 10. The number of phosphoric ester groups is 3. The number of nitrogens with zero attached hydrogens (tertiary/aromatic N) is 4. The van der Waals surface area contributed by atoms with Crippen LogP contribution in [0.4, 0.5) is 5.82 Å². The summed E-state index contributed by atoms with van der Waals surface area (Å²) in [6, 6.07) is -0.734. The highest BCUT2D eigenvalue weighted by Crippen LogP contribution is 2.61. The molecule has 0 spiro atoms. The summed E-state index contributed by atoms with van der Waals surface area (Å²) in [5.74, 6) is -1.31. The van der Waals surface area contributed by atoms with Crippen LogP contribution >= 0.6 is 35.2 Å². The number of phosphoric acid groups is 3. The number of aromatic nitrogens is 4. The van der Waals surface area contributed by atoms with Crippen LogP contribution in [0.25, 0.3) is 11.2 Å². The Hall–Kier alpha value is -2.81. The predicted octanol–water partition coefficient (Wildman–Crippen LogP) is -1.64. The van der Waals surface area contributed by atoms with E-state index >= 15 is 0 Å². The molecule has 26 nitrogen and oxygen atoms in total. The summed E-state index contributed by atoms with van der Waals surface area (Å²) in [5, 5.41) is 26.0. The van der Waals surface area contributed by atoms with Crippen LogP contribution in [0.5, 0.6) is 0 Å². The summed E-state index contributed by atoms with van der Waals surface area (Å²) in [5.41, 5.74) is 9.97. The average molecular weight is 895 g/mol. The fraction of sp³-hybridized carbons (Fsp3) is 0.667. The molecule has 12 N–H and O–H groups in total. The molecular weight excluding hydrogens is 849 g/mol. The van der Waals surface area contributed by atoms with Crippen molar-refractivity contribution in [2.75, 3.05) is 37.8 Å². The van der Waals surface area contributed by atoms with E-state index < -0.39 is 90.6 Å². The number of nitrogen functional groups attached to an aromatic ring is 1. The van der Waals surface area contributed by atoms with Gasteiger partial charge in [-0.1, -0.05) is 25.6 Å². The van der Waals surface area contributed by atoms with Crippen molar-refractivity contribution in [3.05, 3.63) is 12.7 Å². The maximum Gasteiger partial charge on any atom is 0.481 e. The van der Waals surface area contributed by atoms with Crippen molar-refractivity contribution in [1.29, 1.82) is 0 Å². The number of rotatable bonds is 24. The summed E-state index contributed by atoms with van der Waals surface area (Å²) < 4.78 is 62.0. The van der Waals surface area contributed by atoms with Crippen molar-refractivity contribution < 1.29 is 85.3 Å². The molecule has 0 aromatic carbocycles. The topological polar surface area (TPSA) is 407 Å². The van der Waals surface area contributed by atoms with E-state index in [0.29, 0.717) is 19.3 Å². The molecule has 57 heavy (non-hydrogen) atoms. The number of amides is 2. The molecule has 1 aliphatic heterocycles. The highest BCUT2D eigenvalue weighted by molar-refractivity contribution is 8.13. The van der Waals surface area contributed by atoms with Crippen LogP contribution in [0.3, 0.4) is 0 Å². The number of imidazole rings is 1. The van der Waals surface area contributed by atoms with E-state index in [9.17, 15) is 62.7 Å². The fourth-order valence-corrected chi connectivity index (χ4v) is 8.49. The minimum absolute atomic E-state index is 0.0230. The number of nitrogens with one attached hydrogen (secondary N) is 2. The maximum atomic E-state index is 12.7. The number of ether oxygens (including phenoxy) is 1. The van der Waals surface area contributed by atoms with Crippen LogP contribution in [0.15, 0.2) is 12.7 Å². The maximum absolute atomic E-state index is 12.7. The summed E-state index contributed by atoms with van der Waals surface area (Å²) in [4.78, 5) is 97.9. The van der Waals surface area contributed by atoms with E-state index in [1.165, 1.54) is 13.8 Å². The summed E-state index contributed by atoms with van der Waals surface area (Å²) in [6.45, 7) is 0.301. The van der Waals surface area contributed by atoms with Gasteiger partial charge in [-0.15, -0.1) is 0 Å². The first-order chi connectivity index (χ1) is 26.5. The van der Waals surface area contributed by atoms with Gasteiger partial charge in [0.1, 0.15) is 42.5 Å². The molecule has 2 aromatic heterocycles. The quantitative estimate of drug-likeness (QED) is 0.0321. The van der Waals surface area contributed by atoms with Crippen molar-refractivity contribution in [2.45, 2.75) is 76.2 Å². The summed E-state index contributed by atoms with van der Waals surface area (Å²) in [7, 11) is -16.4. The van der Waals surface area contributed by atoms with Crippen LogP contribution in [-0.2, 0) is 55.5 Å². The molecule has 3 heterocycles. The lowest BCUT2D eigenvalue weighted by atomic mass is 9.87. The van der Waals surface area contributed by atoms with Gasteiger partial charge in [-0.25, -0.2) is 28.6 Å². The molecule has 2 aromatic rings. The SMILES string of the molecule is CC(C)(COP(=O)(O)OP(=O)(O)OCC1OC(n2cnc3c(N)ncnc32)C(O)C1OP(=O)(O)O)C(O)C(=O)NCCC(=O)NCCSC(=O)C(N)CCCC=O. The number of aliphatic hydroxyl groups excluding tert-OH is 2. The Morgan fingerprint density at radius 3 is 2.44 bits per heavy atom. The number of fused-ring (bicyclic) bond motifs is 1. The number of aliphatic hydroxyl groups is 2. The Morgan fingerprint density at radius 2 is 1.77 bits per heavy atom. The molecule has 322 valence electrons. The van der Waals surface area contributed by atoms with E-state index in [2.05, 4.69) is 34.4 Å². The predicted molar refractivity (Wildman–Crippen MR) is 195 cm³/mol. The number of unbranched alkanes of at least 4 members (excludes halogenated alkanes) is 1. The standard InChI is InChI=1S/C27H45N8O18P3S/c1-27(2,21(39)24(40)31-7-6-17(37)30-8-10-57-26(41)15(28)5-3-4-9-36)12-50-56(47,48)53-55(45,46)49-11-16-20(52-54(42,43)44)19(38)25(51-16)35-14-34-18-22(29)32-13-33-23(18)35/h9,13-16,19-21,25,38-39H,3-8,10-12,28H2,1-2H3,(H,30,37)(H,31,40)(H,45,46)(H,47,48)(H2,29,32,33)(H2,42,43,44). The molecule has 0 saturated carbocycles. The Labute approximate surface area is 328 Å². The first-order valence-electron chi connectivity index (χ1n) is 16.7. The third kappa shape index (κ3) is 15.1. The van der Waals surface area contributed by atoms with E-state index in [0.717, 1.165) is 35.3 Å². The van der Waals surface area contributed by atoms with Gasteiger partial charge in [0.15, 0.2) is 17.7 Å².